The van der Waals surface area contributed by atoms with E-state index in [4.69, 9.17) is 0 Å². The molecule has 0 atom stereocenters. The number of fused-ring (bicyclic) bond motifs is 1. The predicted octanol–water partition coefficient (Wildman–Crippen LogP) is 4.02. The van der Waals surface area contributed by atoms with Crippen molar-refractivity contribution in [2.75, 3.05) is 11.4 Å². The summed E-state index contributed by atoms with van der Waals surface area (Å²) in [5.74, 6) is 2.89. The maximum Gasteiger partial charge on any atom is 0.251 e. The van der Waals surface area contributed by atoms with Gasteiger partial charge in [0.05, 0.1) is 5.69 Å². The van der Waals surface area contributed by atoms with Crippen molar-refractivity contribution in [3.8, 4) is 23.1 Å². The van der Waals surface area contributed by atoms with E-state index in [2.05, 4.69) is 45.4 Å². The molecule has 0 aliphatic carbocycles. The Morgan fingerprint density at radius 3 is 2.57 bits per heavy atom. The number of nitrogens with one attached hydrogen (secondary N) is 1. The van der Waals surface area contributed by atoms with Crippen LogP contribution < -0.4 is 10.2 Å². The fraction of sp³-hybridized carbons (Fsp3) is 0.167. The van der Waals surface area contributed by atoms with E-state index in [1.807, 2.05) is 43.3 Å². The fourth-order valence-electron chi connectivity index (χ4n) is 3.43. The van der Waals surface area contributed by atoms with Crippen molar-refractivity contribution in [3.63, 3.8) is 0 Å². The first-order valence-electron chi connectivity index (χ1n) is 9.35. The number of amides is 1. The van der Waals surface area contributed by atoms with E-state index in [0.717, 1.165) is 29.7 Å². The summed E-state index contributed by atoms with van der Waals surface area (Å²) in [4.78, 5) is 18.5. The number of nitrogens with zero attached hydrogens (tertiary/aromatic N) is 2. The molecule has 1 aliphatic rings. The minimum absolute atomic E-state index is 0.0777. The number of rotatable bonds is 4. The Bertz CT molecular complexity index is 1050. The second kappa shape index (κ2) is 7.98. The lowest BCUT2D eigenvalue weighted by molar-refractivity contribution is 0.0951. The van der Waals surface area contributed by atoms with E-state index in [9.17, 15) is 4.79 Å². The standard InChI is InChI=1S/C24H21N3O/c1-2-14-27-15-11-22-16-21(7-8-23(22)27)19-3-5-20(6-4-19)24(28)26-17-18-9-12-25-13-10-18/h3-10,12-13,16H,11,15,17H2,1H3,(H,26,28). The number of benzene rings is 2. The highest BCUT2D eigenvalue weighted by Gasteiger charge is 2.18. The van der Waals surface area contributed by atoms with Crippen molar-refractivity contribution < 1.29 is 4.79 Å². The Balaban J connectivity index is 1.46. The van der Waals surface area contributed by atoms with Gasteiger partial charge in [0.1, 0.15) is 0 Å². The van der Waals surface area contributed by atoms with Crippen LogP contribution in [0.4, 0.5) is 5.69 Å². The number of hydrogen-bond acceptors (Lipinski definition) is 3. The van der Waals surface area contributed by atoms with Gasteiger partial charge >= 0.3 is 0 Å². The van der Waals surface area contributed by atoms with Gasteiger partial charge in [-0.05, 0) is 72.0 Å². The maximum absolute atomic E-state index is 12.4. The van der Waals surface area contributed by atoms with Crippen molar-refractivity contribution in [1.82, 2.24) is 10.3 Å². The van der Waals surface area contributed by atoms with Crippen LogP contribution in [0.15, 0.2) is 67.0 Å². The van der Waals surface area contributed by atoms with Crippen molar-refractivity contribution in [1.29, 1.82) is 0 Å². The fourth-order valence-corrected chi connectivity index (χ4v) is 3.43. The quantitative estimate of drug-likeness (QED) is 0.709. The third kappa shape index (κ3) is 3.74. The summed E-state index contributed by atoms with van der Waals surface area (Å²) in [6.45, 7) is 3.29. The third-order valence-corrected chi connectivity index (χ3v) is 4.90. The van der Waals surface area contributed by atoms with Gasteiger partial charge in [0.25, 0.3) is 5.91 Å². The molecule has 28 heavy (non-hydrogen) atoms. The molecule has 4 rings (SSSR count). The number of carbonyl (C=O) groups is 1. The molecule has 0 saturated heterocycles. The molecule has 0 saturated carbocycles. The largest absolute Gasteiger partial charge is 0.348 e. The SMILES string of the molecule is CC#CN1CCc2cc(-c3ccc(C(=O)NCc4ccncc4)cc3)ccc21. The van der Waals surface area contributed by atoms with E-state index >= 15 is 0 Å². The second-order valence-corrected chi connectivity index (χ2v) is 6.72. The number of hydrogen-bond donors (Lipinski definition) is 1. The molecule has 1 amide bonds. The smallest absolute Gasteiger partial charge is 0.251 e. The van der Waals surface area contributed by atoms with Gasteiger partial charge in [0.15, 0.2) is 0 Å². The Hall–Kier alpha value is -3.58. The molecule has 1 N–H and O–H groups in total. The van der Waals surface area contributed by atoms with Crippen LogP contribution in [0.1, 0.15) is 28.4 Å². The Kier molecular flexibility index (Phi) is 5.07. The van der Waals surface area contributed by atoms with Gasteiger partial charge in [0.2, 0.25) is 0 Å². The van der Waals surface area contributed by atoms with Gasteiger partial charge < -0.3 is 10.2 Å². The van der Waals surface area contributed by atoms with Gasteiger partial charge in [-0.1, -0.05) is 24.1 Å². The average Bonchev–Trinajstić information content (AvgIpc) is 3.15. The zero-order valence-electron chi connectivity index (χ0n) is 15.8. The van der Waals surface area contributed by atoms with Gasteiger partial charge in [-0.2, -0.15) is 0 Å². The van der Waals surface area contributed by atoms with Crippen LogP contribution in [0.25, 0.3) is 11.1 Å². The molecule has 0 spiro atoms. The molecule has 0 unspecified atom stereocenters. The van der Waals surface area contributed by atoms with E-state index in [1.54, 1.807) is 12.4 Å². The molecule has 0 radical (unpaired) electrons. The summed E-state index contributed by atoms with van der Waals surface area (Å²) in [6.07, 6.45) is 4.45. The van der Waals surface area contributed by atoms with Crippen molar-refractivity contribution in [2.45, 2.75) is 19.9 Å². The Morgan fingerprint density at radius 1 is 1.07 bits per heavy atom. The molecule has 4 nitrogen and oxygen atoms in total. The van der Waals surface area contributed by atoms with Crippen molar-refractivity contribution >= 4 is 11.6 Å². The van der Waals surface area contributed by atoms with Crippen LogP contribution in [-0.2, 0) is 13.0 Å². The minimum atomic E-state index is -0.0777. The number of aromatic nitrogens is 1. The third-order valence-electron chi connectivity index (χ3n) is 4.90. The molecule has 0 bridgehead atoms. The first-order chi connectivity index (χ1) is 13.7. The van der Waals surface area contributed by atoms with Crippen LogP contribution in [-0.4, -0.2) is 17.4 Å². The molecule has 3 aromatic rings. The normalized spacial score (nSPS) is 12.1. The van der Waals surface area contributed by atoms with Gasteiger partial charge in [-0.15, -0.1) is 0 Å². The molecule has 0 fully saturated rings. The minimum Gasteiger partial charge on any atom is -0.348 e. The first kappa shape index (κ1) is 17.8. The molecule has 2 heterocycles. The van der Waals surface area contributed by atoms with Crippen LogP contribution >= 0.6 is 0 Å². The van der Waals surface area contributed by atoms with Crippen LogP contribution in [0.2, 0.25) is 0 Å². The van der Waals surface area contributed by atoms with Crippen LogP contribution in [0.5, 0.6) is 0 Å². The predicted molar refractivity (Wildman–Crippen MR) is 112 cm³/mol. The topological polar surface area (TPSA) is 45.2 Å². The van der Waals surface area contributed by atoms with E-state index in [-0.39, 0.29) is 5.91 Å². The number of carbonyl (C=O) groups excluding carboxylic acids is 1. The zero-order chi connectivity index (χ0) is 19.3. The Morgan fingerprint density at radius 2 is 1.82 bits per heavy atom. The average molecular weight is 367 g/mol. The molecular formula is C24H21N3O. The van der Waals surface area contributed by atoms with E-state index in [1.165, 1.54) is 11.3 Å². The monoisotopic (exact) mass is 367 g/mol. The van der Waals surface area contributed by atoms with E-state index < -0.39 is 0 Å². The van der Waals surface area contributed by atoms with Gasteiger partial charge in [-0.25, -0.2) is 0 Å². The lowest BCUT2D eigenvalue weighted by Crippen LogP contribution is -2.22. The lowest BCUT2D eigenvalue weighted by atomic mass is 10.0. The highest BCUT2D eigenvalue weighted by Crippen LogP contribution is 2.32. The molecule has 4 heteroatoms. The van der Waals surface area contributed by atoms with Crippen molar-refractivity contribution in [2.24, 2.45) is 0 Å². The molecule has 138 valence electrons. The van der Waals surface area contributed by atoms with Crippen LogP contribution in [0, 0.1) is 12.0 Å². The Labute approximate surface area is 165 Å². The second-order valence-electron chi connectivity index (χ2n) is 6.72. The molecule has 1 aromatic heterocycles. The first-order valence-corrected chi connectivity index (χ1v) is 9.35. The van der Waals surface area contributed by atoms with E-state index in [0.29, 0.717) is 12.1 Å². The van der Waals surface area contributed by atoms with Gasteiger partial charge in [-0.3, -0.25) is 9.78 Å². The number of anilines is 1. The summed E-state index contributed by atoms with van der Waals surface area (Å²) in [7, 11) is 0. The molecular weight excluding hydrogens is 346 g/mol. The molecule has 1 aliphatic heterocycles. The molecule has 2 aromatic carbocycles. The van der Waals surface area contributed by atoms with Gasteiger partial charge in [0, 0.05) is 37.1 Å². The van der Waals surface area contributed by atoms with Crippen LogP contribution in [0.3, 0.4) is 0 Å². The summed E-state index contributed by atoms with van der Waals surface area (Å²) in [6, 6.07) is 21.2. The lowest BCUT2D eigenvalue weighted by Gasteiger charge is -2.11. The zero-order valence-corrected chi connectivity index (χ0v) is 15.8. The maximum atomic E-state index is 12.4. The van der Waals surface area contributed by atoms with Crippen molar-refractivity contribution in [3.05, 3.63) is 83.7 Å². The summed E-state index contributed by atoms with van der Waals surface area (Å²) >= 11 is 0. The number of pyridine rings is 1. The highest BCUT2D eigenvalue weighted by molar-refractivity contribution is 5.94. The summed E-state index contributed by atoms with van der Waals surface area (Å²) in [5, 5.41) is 2.94. The highest BCUT2D eigenvalue weighted by atomic mass is 16.1. The summed E-state index contributed by atoms with van der Waals surface area (Å²) < 4.78 is 0. The summed E-state index contributed by atoms with van der Waals surface area (Å²) in [5.41, 5.74) is 6.47.